The van der Waals surface area contributed by atoms with E-state index in [0.717, 1.165) is 56.3 Å². The van der Waals surface area contributed by atoms with Gasteiger partial charge in [-0.05, 0) is 86.7 Å². The Morgan fingerprint density at radius 3 is 1.82 bits per heavy atom. The number of rotatable bonds is 18. The monoisotopic (exact) mass is 832 g/mol. The number of benzene rings is 4. The van der Waals surface area contributed by atoms with Crippen LogP contribution in [0.15, 0.2) is 103 Å². The van der Waals surface area contributed by atoms with E-state index in [0.29, 0.717) is 5.56 Å². The van der Waals surface area contributed by atoms with Crippen molar-refractivity contribution in [3.8, 4) is 11.1 Å². The molecule has 320 valence electrons. The SMILES string of the molecule is CCOC(CN(C(=O)C(C)N(C(=O)C(CN(CC1c2ccccc2-c2ccccc21)C(=O)O)NC(=O)OCc1ccccc1)c1ccc(C(F)(F)F)cc1)C(C)C)OCC. The van der Waals surface area contributed by atoms with Crippen LogP contribution in [0.4, 0.5) is 28.4 Å². The number of alkyl carbamates (subject to hydrolysis) is 1. The number of nitrogens with zero attached hydrogens (tertiary/aromatic N) is 3. The topological polar surface area (TPSA) is 138 Å². The Morgan fingerprint density at radius 2 is 1.30 bits per heavy atom. The molecule has 2 atom stereocenters. The number of carboxylic acid groups (broad SMARTS) is 1. The van der Waals surface area contributed by atoms with Crippen LogP contribution in [0.25, 0.3) is 11.1 Å². The van der Waals surface area contributed by atoms with Gasteiger partial charge in [0.05, 0.1) is 18.7 Å². The number of alkyl halides is 3. The van der Waals surface area contributed by atoms with E-state index in [1.807, 2.05) is 48.5 Å². The van der Waals surface area contributed by atoms with Gasteiger partial charge in [-0.25, -0.2) is 9.59 Å². The fraction of sp³-hybridized carbons (Fsp3) is 0.378. The molecule has 0 spiro atoms. The summed E-state index contributed by atoms with van der Waals surface area (Å²) in [7, 11) is 0. The zero-order valence-corrected chi connectivity index (χ0v) is 34.2. The van der Waals surface area contributed by atoms with E-state index < -0.39 is 72.6 Å². The van der Waals surface area contributed by atoms with Crippen LogP contribution >= 0.6 is 0 Å². The first-order chi connectivity index (χ1) is 28.6. The molecule has 5 rings (SSSR count). The number of carbonyl (C=O) groups excluding carboxylic acids is 3. The summed E-state index contributed by atoms with van der Waals surface area (Å²) in [5.41, 5.74) is 3.16. The molecule has 0 aromatic heterocycles. The van der Waals surface area contributed by atoms with Crippen molar-refractivity contribution in [2.45, 2.75) is 77.7 Å². The van der Waals surface area contributed by atoms with Gasteiger partial charge in [-0.1, -0.05) is 78.9 Å². The lowest BCUT2D eigenvalue weighted by atomic mass is 9.96. The maximum atomic E-state index is 15.1. The molecule has 0 aliphatic heterocycles. The summed E-state index contributed by atoms with van der Waals surface area (Å²) in [5, 5.41) is 13.2. The Bertz CT molecular complexity index is 2030. The zero-order valence-electron chi connectivity index (χ0n) is 34.2. The Morgan fingerprint density at radius 1 is 0.750 bits per heavy atom. The van der Waals surface area contributed by atoms with Crippen molar-refractivity contribution in [3.05, 3.63) is 125 Å². The predicted octanol–water partition coefficient (Wildman–Crippen LogP) is 8.15. The number of amides is 4. The minimum atomic E-state index is -4.71. The van der Waals surface area contributed by atoms with Crippen molar-refractivity contribution < 1.29 is 51.7 Å². The minimum Gasteiger partial charge on any atom is -0.465 e. The van der Waals surface area contributed by atoms with Crippen molar-refractivity contribution >= 4 is 29.7 Å². The molecular formula is C45H51F3N4O8. The van der Waals surface area contributed by atoms with Crippen LogP contribution in [-0.4, -0.2) is 96.2 Å². The van der Waals surface area contributed by atoms with E-state index in [4.69, 9.17) is 14.2 Å². The zero-order chi connectivity index (χ0) is 43.6. The lowest BCUT2D eigenvalue weighted by Crippen LogP contribution is -2.60. The minimum absolute atomic E-state index is 0.0395. The number of hydrogen-bond acceptors (Lipinski definition) is 7. The summed E-state index contributed by atoms with van der Waals surface area (Å²) in [4.78, 5) is 59.6. The third-order valence-corrected chi connectivity index (χ3v) is 10.3. The second-order valence-corrected chi connectivity index (χ2v) is 14.5. The van der Waals surface area contributed by atoms with Crippen molar-refractivity contribution in [3.63, 3.8) is 0 Å². The number of nitrogens with one attached hydrogen (secondary N) is 1. The molecule has 0 saturated heterocycles. The Labute approximate surface area is 347 Å². The van der Waals surface area contributed by atoms with Gasteiger partial charge < -0.3 is 34.4 Å². The van der Waals surface area contributed by atoms with Gasteiger partial charge in [0.15, 0.2) is 6.29 Å². The van der Waals surface area contributed by atoms with E-state index >= 15 is 4.79 Å². The van der Waals surface area contributed by atoms with Crippen LogP contribution < -0.4 is 10.2 Å². The van der Waals surface area contributed by atoms with Crippen LogP contribution in [0.2, 0.25) is 0 Å². The molecule has 1 aliphatic rings. The number of hydrogen-bond donors (Lipinski definition) is 2. The molecule has 1 aliphatic carbocycles. The van der Waals surface area contributed by atoms with Crippen molar-refractivity contribution in [1.29, 1.82) is 0 Å². The highest BCUT2D eigenvalue weighted by Gasteiger charge is 2.40. The molecule has 0 saturated carbocycles. The number of carbonyl (C=O) groups is 4. The second kappa shape index (κ2) is 20.4. The smallest absolute Gasteiger partial charge is 0.416 e. The normalized spacial score (nSPS) is 13.3. The summed E-state index contributed by atoms with van der Waals surface area (Å²) in [5.74, 6) is -2.02. The van der Waals surface area contributed by atoms with E-state index in [9.17, 15) is 32.7 Å². The molecule has 2 unspecified atom stereocenters. The lowest BCUT2D eigenvalue weighted by Gasteiger charge is -2.38. The molecule has 15 heteroatoms. The molecule has 12 nitrogen and oxygen atoms in total. The summed E-state index contributed by atoms with van der Waals surface area (Å²) >= 11 is 0. The van der Waals surface area contributed by atoms with Gasteiger partial charge in [-0.15, -0.1) is 0 Å². The molecule has 4 aromatic carbocycles. The number of halogens is 3. The average molecular weight is 833 g/mol. The summed E-state index contributed by atoms with van der Waals surface area (Å²) in [6, 6.07) is 24.0. The first-order valence-electron chi connectivity index (χ1n) is 19.8. The van der Waals surface area contributed by atoms with Crippen LogP contribution in [-0.2, 0) is 36.6 Å². The summed E-state index contributed by atoms with van der Waals surface area (Å²) in [6.45, 7) is 8.05. The number of ether oxygens (including phenoxy) is 3. The van der Waals surface area contributed by atoms with Gasteiger partial charge >= 0.3 is 18.4 Å². The van der Waals surface area contributed by atoms with Gasteiger partial charge in [0.1, 0.15) is 18.7 Å². The van der Waals surface area contributed by atoms with Crippen molar-refractivity contribution in [2.24, 2.45) is 0 Å². The van der Waals surface area contributed by atoms with E-state index in [1.165, 1.54) is 11.8 Å². The number of anilines is 1. The highest BCUT2D eigenvalue weighted by atomic mass is 19.4. The second-order valence-electron chi connectivity index (χ2n) is 14.5. The predicted molar refractivity (Wildman–Crippen MR) is 219 cm³/mol. The summed E-state index contributed by atoms with van der Waals surface area (Å²) in [6.07, 6.45) is -7.99. The maximum Gasteiger partial charge on any atom is 0.416 e. The molecule has 0 radical (unpaired) electrons. The quantitative estimate of drug-likeness (QED) is 0.0959. The van der Waals surface area contributed by atoms with Gasteiger partial charge in [0, 0.05) is 37.4 Å². The molecule has 0 fully saturated rings. The average Bonchev–Trinajstić information content (AvgIpc) is 3.54. The highest BCUT2D eigenvalue weighted by molar-refractivity contribution is 6.04. The van der Waals surface area contributed by atoms with Gasteiger partial charge in [-0.2, -0.15) is 13.2 Å². The van der Waals surface area contributed by atoms with Gasteiger partial charge in [0.2, 0.25) is 5.91 Å². The molecule has 2 N–H and O–H groups in total. The first-order valence-corrected chi connectivity index (χ1v) is 19.8. The van der Waals surface area contributed by atoms with Crippen LogP contribution in [0.5, 0.6) is 0 Å². The van der Waals surface area contributed by atoms with Crippen molar-refractivity contribution in [1.82, 2.24) is 15.1 Å². The van der Waals surface area contributed by atoms with Crippen molar-refractivity contribution in [2.75, 3.05) is 37.7 Å². The largest absolute Gasteiger partial charge is 0.465 e. The number of fused-ring (bicyclic) bond motifs is 3. The third-order valence-electron chi connectivity index (χ3n) is 10.3. The molecule has 4 amide bonds. The van der Waals surface area contributed by atoms with Crippen LogP contribution in [0, 0.1) is 0 Å². The molecular weight excluding hydrogens is 782 g/mol. The standard InChI is InChI=1S/C45H51F3N4O8/c1-6-58-40(59-7-2)27-51(29(3)4)41(53)30(5)52(33-23-21-32(22-24-33)45(46,47)48)42(54)39(49-43(55)60-28-31-15-9-8-10-16-31)26-50(44(56)57)25-38-36-19-13-11-17-34(36)35-18-12-14-20-37(35)38/h8-24,29-30,38-40H,6-7,25-28H2,1-5H3,(H,49,55)(H,56,57). The van der Waals surface area contributed by atoms with Gasteiger partial charge in [0.25, 0.3) is 5.91 Å². The van der Waals surface area contributed by atoms with E-state index in [2.05, 4.69) is 5.32 Å². The Hall–Kier alpha value is -5.93. The van der Waals surface area contributed by atoms with E-state index in [-0.39, 0.29) is 38.6 Å². The fourth-order valence-electron chi connectivity index (χ4n) is 7.33. The maximum absolute atomic E-state index is 15.1. The van der Waals surface area contributed by atoms with Crippen LogP contribution in [0.1, 0.15) is 62.8 Å². The molecule has 0 bridgehead atoms. The fourth-order valence-corrected chi connectivity index (χ4v) is 7.33. The van der Waals surface area contributed by atoms with Gasteiger partial charge in [-0.3, -0.25) is 14.5 Å². The first kappa shape index (κ1) is 45.2. The third kappa shape index (κ3) is 11.0. The molecule has 4 aromatic rings. The highest BCUT2D eigenvalue weighted by Crippen LogP contribution is 2.45. The Kier molecular flexibility index (Phi) is 15.3. The molecule has 60 heavy (non-hydrogen) atoms. The molecule has 0 heterocycles. The summed E-state index contributed by atoms with van der Waals surface area (Å²) < 4.78 is 58.2. The lowest BCUT2D eigenvalue weighted by molar-refractivity contribution is -0.162. The van der Waals surface area contributed by atoms with E-state index in [1.54, 1.807) is 58.0 Å². The Balaban J connectivity index is 1.55. The van der Waals surface area contributed by atoms with Crippen LogP contribution in [0.3, 0.4) is 0 Å².